The molecule has 7 nitrogen and oxygen atoms in total. The fraction of sp³-hybridized carbons (Fsp3) is 0.200. The van der Waals surface area contributed by atoms with Crippen LogP contribution in [0, 0.1) is 11.2 Å². The molecule has 10 heteroatoms. The number of amides is 1. The van der Waals surface area contributed by atoms with Crippen LogP contribution in [0.25, 0.3) is 6.08 Å². The molecule has 25 heavy (non-hydrogen) atoms. The van der Waals surface area contributed by atoms with Crippen LogP contribution in [0.2, 0.25) is 0 Å². The summed E-state index contributed by atoms with van der Waals surface area (Å²) in [5.41, 5.74) is 0.398. The van der Waals surface area contributed by atoms with Crippen LogP contribution in [0.5, 0.6) is 0 Å². The minimum atomic E-state index is -3.75. The number of amidine groups is 3. The lowest BCUT2D eigenvalue weighted by Gasteiger charge is -2.25. The SMILES string of the molecule is CC(C)S(=O)(=O)C1=NSC2=NC(=O)C(=Cc3ccc(F)cc3)C(=N)N21. The van der Waals surface area contributed by atoms with Crippen molar-refractivity contribution in [2.24, 2.45) is 9.39 Å². The summed E-state index contributed by atoms with van der Waals surface area (Å²) in [4.78, 5) is 17.1. The monoisotopic (exact) mass is 380 g/mol. The van der Waals surface area contributed by atoms with E-state index in [9.17, 15) is 17.6 Å². The van der Waals surface area contributed by atoms with Crippen LogP contribution in [0.1, 0.15) is 19.4 Å². The molecule has 0 atom stereocenters. The molecular weight excluding hydrogens is 367 g/mol. The number of nitrogens with zero attached hydrogens (tertiary/aromatic N) is 3. The second-order valence-corrected chi connectivity index (χ2v) is 8.68. The van der Waals surface area contributed by atoms with E-state index in [-0.39, 0.29) is 21.7 Å². The Morgan fingerprint density at radius 2 is 1.92 bits per heavy atom. The fourth-order valence-corrected chi connectivity index (χ4v) is 4.18. The van der Waals surface area contributed by atoms with Crippen molar-refractivity contribution in [1.82, 2.24) is 4.90 Å². The van der Waals surface area contributed by atoms with Crippen LogP contribution in [0.15, 0.2) is 39.2 Å². The standard InChI is InChI=1S/C15H13FN4O3S2/c1-8(2)25(22,23)15-19-24-14-18-13(21)11(12(17)20(14)15)7-9-3-5-10(16)6-4-9/h3-8,17H,1-2H3. The van der Waals surface area contributed by atoms with Gasteiger partial charge in [-0.2, -0.15) is 9.39 Å². The van der Waals surface area contributed by atoms with E-state index in [1.165, 1.54) is 44.2 Å². The van der Waals surface area contributed by atoms with Crippen LogP contribution in [-0.4, -0.2) is 40.6 Å². The molecule has 130 valence electrons. The first-order chi connectivity index (χ1) is 11.7. The van der Waals surface area contributed by atoms with Gasteiger partial charge in [-0.05, 0) is 37.6 Å². The molecule has 0 saturated carbocycles. The first-order valence-corrected chi connectivity index (χ1v) is 9.52. The van der Waals surface area contributed by atoms with E-state index in [0.29, 0.717) is 5.56 Å². The lowest BCUT2D eigenvalue weighted by Crippen LogP contribution is -2.46. The maximum Gasteiger partial charge on any atom is 0.283 e. The lowest BCUT2D eigenvalue weighted by atomic mass is 10.1. The Bertz CT molecular complexity index is 963. The Morgan fingerprint density at radius 1 is 1.28 bits per heavy atom. The van der Waals surface area contributed by atoms with Gasteiger partial charge < -0.3 is 0 Å². The van der Waals surface area contributed by atoms with Gasteiger partial charge in [0.05, 0.1) is 22.8 Å². The maximum atomic E-state index is 13.0. The Hall–Kier alpha value is -2.33. The van der Waals surface area contributed by atoms with Crippen LogP contribution < -0.4 is 0 Å². The average molecular weight is 380 g/mol. The molecule has 0 spiro atoms. The molecule has 0 aliphatic carbocycles. The topological polar surface area (TPSA) is 103 Å². The Labute approximate surface area is 147 Å². The molecule has 0 unspecified atom stereocenters. The highest BCUT2D eigenvalue weighted by molar-refractivity contribution is 8.16. The molecule has 0 bridgehead atoms. The van der Waals surface area contributed by atoms with E-state index in [4.69, 9.17) is 5.41 Å². The Kier molecular flexibility index (Phi) is 4.33. The third-order valence-electron chi connectivity index (χ3n) is 3.55. The van der Waals surface area contributed by atoms with E-state index < -0.39 is 26.8 Å². The van der Waals surface area contributed by atoms with Crippen molar-refractivity contribution in [3.05, 3.63) is 41.2 Å². The molecule has 1 aromatic rings. The van der Waals surface area contributed by atoms with E-state index >= 15 is 0 Å². The Balaban J connectivity index is 2.04. The van der Waals surface area contributed by atoms with Crippen molar-refractivity contribution in [2.75, 3.05) is 0 Å². The van der Waals surface area contributed by atoms with Crippen LogP contribution in [0.3, 0.4) is 0 Å². The summed E-state index contributed by atoms with van der Waals surface area (Å²) >= 11 is 0.743. The summed E-state index contributed by atoms with van der Waals surface area (Å²) in [5, 5.41) is 7.26. The van der Waals surface area contributed by atoms with Crippen LogP contribution in [0.4, 0.5) is 4.39 Å². The molecule has 1 N–H and O–H groups in total. The average Bonchev–Trinajstić information content (AvgIpc) is 2.97. The third-order valence-corrected chi connectivity index (χ3v) is 6.39. The molecular formula is C15H13FN4O3S2. The van der Waals surface area contributed by atoms with Gasteiger partial charge in [-0.15, -0.1) is 0 Å². The third kappa shape index (κ3) is 3.02. The molecule has 0 fully saturated rings. The predicted octanol–water partition coefficient (Wildman–Crippen LogP) is 2.23. The van der Waals surface area contributed by atoms with Gasteiger partial charge in [-0.25, -0.2) is 17.7 Å². The van der Waals surface area contributed by atoms with Crippen LogP contribution in [-0.2, 0) is 14.6 Å². The van der Waals surface area contributed by atoms with Gasteiger partial charge in [0.15, 0.2) is 0 Å². The van der Waals surface area contributed by atoms with Gasteiger partial charge in [0.2, 0.25) is 20.2 Å². The Morgan fingerprint density at radius 3 is 2.52 bits per heavy atom. The van der Waals surface area contributed by atoms with Gasteiger partial charge in [0.25, 0.3) is 5.91 Å². The van der Waals surface area contributed by atoms with Gasteiger partial charge in [0, 0.05) is 0 Å². The number of halogens is 1. The number of nitrogens with one attached hydrogen (secondary N) is 1. The number of carbonyl (C=O) groups is 1. The molecule has 1 aromatic carbocycles. The second-order valence-electron chi connectivity index (χ2n) is 5.55. The number of hydrogen-bond acceptors (Lipinski definition) is 6. The number of aliphatic imine (C=N–C) groups is 1. The summed E-state index contributed by atoms with van der Waals surface area (Å²) in [6.07, 6.45) is 1.37. The quantitative estimate of drug-likeness (QED) is 0.626. The summed E-state index contributed by atoms with van der Waals surface area (Å²) in [7, 11) is -3.75. The number of rotatable bonds is 2. The zero-order valence-electron chi connectivity index (χ0n) is 13.2. The number of hydrogen-bond donors (Lipinski definition) is 1. The van der Waals surface area contributed by atoms with Gasteiger partial charge in [0.1, 0.15) is 11.7 Å². The molecule has 0 aromatic heterocycles. The van der Waals surface area contributed by atoms with Crippen molar-refractivity contribution in [1.29, 1.82) is 5.41 Å². The summed E-state index contributed by atoms with van der Waals surface area (Å²) < 4.78 is 41.8. The molecule has 1 amide bonds. The normalized spacial score (nSPS) is 19.4. The smallest absolute Gasteiger partial charge is 0.283 e. The minimum Gasteiger partial charge on any atom is -0.283 e. The van der Waals surface area contributed by atoms with Crippen molar-refractivity contribution >= 4 is 49.9 Å². The first-order valence-electron chi connectivity index (χ1n) is 7.20. The lowest BCUT2D eigenvalue weighted by molar-refractivity contribution is -0.114. The molecule has 0 radical (unpaired) electrons. The van der Waals surface area contributed by atoms with Crippen molar-refractivity contribution < 1.29 is 17.6 Å². The van der Waals surface area contributed by atoms with E-state index in [1.807, 2.05) is 0 Å². The van der Waals surface area contributed by atoms with E-state index in [1.54, 1.807) is 0 Å². The predicted molar refractivity (Wildman–Crippen MR) is 95.5 cm³/mol. The van der Waals surface area contributed by atoms with Crippen LogP contribution >= 0.6 is 11.9 Å². The summed E-state index contributed by atoms with van der Waals surface area (Å²) in [6, 6.07) is 5.33. The van der Waals surface area contributed by atoms with E-state index in [2.05, 4.69) is 9.39 Å². The first kappa shape index (κ1) is 17.5. The summed E-state index contributed by atoms with van der Waals surface area (Å²) in [6.45, 7) is 3.01. The maximum absolute atomic E-state index is 13.0. The molecule has 0 saturated heterocycles. The minimum absolute atomic E-state index is 0.0329. The second kappa shape index (κ2) is 6.19. The zero-order valence-corrected chi connectivity index (χ0v) is 14.9. The molecule has 3 rings (SSSR count). The fourth-order valence-electron chi connectivity index (χ4n) is 2.12. The molecule has 2 heterocycles. The molecule has 2 aliphatic heterocycles. The van der Waals surface area contributed by atoms with Gasteiger partial charge in [-0.3, -0.25) is 10.2 Å². The highest BCUT2D eigenvalue weighted by atomic mass is 32.2. The number of fused-ring (bicyclic) bond motifs is 1. The van der Waals surface area contributed by atoms with E-state index in [0.717, 1.165) is 16.8 Å². The highest BCUT2D eigenvalue weighted by Crippen LogP contribution is 2.30. The highest BCUT2D eigenvalue weighted by Gasteiger charge is 2.43. The largest absolute Gasteiger partial charge is 0.283 e. The summed E-state index contributed by atoms with van der Waals surface area (Å²) in [5.74, 6) is -1.43. The number of benzene rings is 1. The molecule has 2 aliphatic rings. The van der Waals surface area contributed by atoms with Gasteiger partial charge >= 0.3 is 0 Å². The van der Waals surface area contributed by atoms with Crippen molar-refractivity contribution in [3.63, 3.8) is 0 Å². The zero-order chi connectivity index (χ0) is 18.4. The number of carbonyl (C=O) groups excluding carboxylic acids is 1. The van der Waals surface area contributed by atoms with Gasteiger partial charge in [-0.1, -0.05) is 12.1 Å². The van der Waals surface area contributed by atoms with Crippen molar-refractivity contribution in [3.8, 4) is 0 Å². The van der Waals surface area contributed by atoms with Crippen molar-refractivity contribution in [2.45, 2.75) is 19.1 Å². The number of sulfone groups is 1.